The van der Waals surface area contributed by atoms with Gasteiger partial charge in [0.15, 0.2) is 0 Å². The van der Waals surface area contributed by atoms with Gasteiger partial charge in [-0.2, -0.15) is 18.3 Å². The van der Waals surface area contributed by atoms with Gasteiger partial charge < -0.3 is 0 Å². The molecule has 1 fully saturated rings. The highest BCUT2D eigenvalue weighted by Gasteiger charge is 2.42. The van der Waals surface area contributed by atoms with Crippen LogP contribution in [0.2, 0.25) is 0 Å². The van der Waals surface area contributed by atoms with Crippen LogP contribution in [-0.4, -0.2) is 20.9 Å². The van der Waals surface area contributed by atoms with Crippen LogP contribution in [0.3, 0.4) is 0 Å². The van der Waals surface area contributed by atoms with Crippen LogP contribution >= 0.6 is 0 Å². The number of hydrogen-bond acceptors (Lipinski definition) is 3. The van der Waals surface area contributed by atoms with Crippen molar-refractivity contribution in [2.75, 3.05) is 0 Å². The summed E-state index contributed by atoms with van der Waals surface area (Å²) in [7, 11) is 0. The summed E-state index contributed by atoms with van der Waals surface area (Å²) < 4.78 is 39.3. The Morgan fingerprint density at radius 2 is 2.00 bits per heavy atom. The summed E-state index contributed by atoms with van der Waals surface area (Å²) in [6, 6.07) is -0.127. The van der Waals surface area contributed by atoms with Gasteiger partial charge in [0.05, 0.1) is 16.9 Å². The Labute approximate surface area is 113 Å². The summed E-state index contributed by atoms with van der Waals surface area (Å²) in [6.07, 6.45) is -0.418. The molecule has 1 aromatic rings. The van der Waals surface area contributed by atoms with Gasteiger partial charge in [-0.15, -0.1) is 0 Å². The maximum absolute atomic E-state index is 12.6. The minimum absolute atomic E-state index is 0.0769. The molecule has 0 radical (unpaired) electrons. The maximum Gasteiger partial charge on any atom is 0.391 e. The van der Waals surface area contributed by atoms with E-state index in [1.54, 1.807) is 0 Å². The van der Waals surface area contributed by atoms with E-state index in [9.17, 15) is 23.3 Å². The first-order valence-electron chi connectivity index (χ1n) is 6.54. The zero-order valence-corrected chi connectivity index (χ0v) is 11.0. The molecule has 0 bridgehead atoms. The van der Waals surface area contributed by atoms with Crippen LogP contribution in [0.4, 0.5) is 18.9 Å². The van der Waals surface area contributed by atoms with Gasteiger partial charge in [0.25, 0.3) is 0 Å². The standard InChI is InChI=1S/C12H16F3N3O2/c1-8(17-7-11(6-16-17)18(19)20)9-2-4-10(5-3-9)12(13,14)15/h6-10H,2-5H2,1H3. The number of aromatic nitrogens is 2. The Hall–Kier alpha value is -1.60. The van der Waals surface area contributed by atoms with Crippen molar-refractivity contribution in [2.45, 2.75) is 44.8 Å². The molecule has 1 unspecified atom stereocenters. The Kier molecular flexibility index (Phi) is 4.01. The quantitative estimate of drug-likeness (QED) is 0.630. The first kappa shape index (κ1) is 14.8. The van der Waals surface area contributed by atoms with E-state index in [0.29, 0.717) is 12.8 Å². The molecule has 2 rings (SSSR count). The van der Waals surface area contributed by atoms with E-state index >= 15 is 0 Å². The highest BCUT2D eigenvalue weighted by molar-refractivity contribution is 5.21. The average molecular weight is 291 g/mol. The number of hydrogen-bond donors (Lipinski definition) is 0. The SMILES string of the molecule is CC(C1CCC(C(F)(F)F)CC1)n1cc([N+](=O)[O-])cn1. The van der Waals surface area contributed by atoms with Gasteiger partial charge in [-0.25, -0.2) is 0 Å². The summed E-state index contributed by atoms with van der Waals surface area (Å²) in [6.45, 7) is 1.84. The molecule has 5 nitrogen and oxygen atoms in total. The molecule has 1 aliphatic carbocycles. The summed E-state index contributed by atoms with van der Waals surface area (Å²) in [5, 5.41) is 14.5. The minimum atomic E-state index is -4.11. The zero-order valence-electron chi connectivity index (χ0n) is 11.0. The summed E-state index contributed by atoms with van der Waals surface area (Å²) in [5.41, 5.74) is -0.0965. The summed E-state index contributed by atoms with van der Waals surface area (Å²) in [5.74, 6) is -1.13. The lowest BCUT2D eigenvalue weighted by atomic mass is 9.78. The fourth-order valence-electron chi connectivity index (χ4n) is 2.79. The molecule has 0 saturated heterocycles. The molecule has 1 aliphatic rings. The number of rotatable bonds is 3. The van der Waals surface area contributed by atoms with Crippen LogP contribution in [-0.2, 0) is 0 Å². The molecule has 20 heavy (non-hydrogen) atoms. The van der Waals surface area contributed by atoms with Crippen molar-refractivity contribution < 1.29 is 18.1 Å². The fourth-order valence-corrected chi connectivity index (χ4v) is 2.79. The van der Waals surface area contributed by atoms with Crippen molar-refractivity contribution in [2.24, 2.45) is 11.8 Å². The fraction of sp³-hybridized carbons (Fsp3) is 0.750. The van der Waals surface area contributed by atoms with E-state index in [1.807, 2.05) is 6.92 Å². The molecule has 1 atom stereocenters. The molecule has 1 aromatic heterocycles. The van der Waals surface area contributed by atoms with Crippen molar-refractivity contribution in [1.82, 2.24) is 9.78 Å². The summed E-state index contributed by atoms with van der Waals surface area (Å²) >= 11 is 0. The number of nitro groups is 1. The zero-order chi connectivity index (χ0) is 14.9. The largest absolute Gasteiger partial charge is 0.391 e. The van der Waals surface area contributed by atoms with E-state index in [2.05, 4.69) is 5.10 Å². The Balaban J connectivity index is 1.97. The highest BCUT2D eigenvalue weighted by Crippen LogP contribution is 2.42. The third-order valence-electron chi connectivity index (χ3n) is 4.13. The molecule has 1 heterocycles. The molecular weight excluding hydrogens is 275 g/mol. The van der Waals surface area contributed by atoms with Crippen LogP contribution in [0.5, 0.6) is 0 Å². The molecule has 112 valence electrons. The van der Waals surface area contributed by atoms with Gasteiger partial charge in [-0.05, 0) is 38.5 Å². The van der Waals surface area contributed by atoms with E-state index in [0.717, 1.165) is 6.20 Å². The topological polar surface area (TPSA) is 61.0 Å². The van der Waals surface area contributed by atoms with Gasteiger partial charge in [-0.3, -0.25) is 14.8 Å². The first-order valence-corrected chi connectivity index (χ1v) is 6.54. The van der Waals surface area contributed by atoms with Gasteiger partial charge in [0.1, 0.15) is 12.4 Å². The van der Waals surface area contributed by atoms with Crippen LogP contribution in [0, 0.1) is 22.0 Å². The Morgan fingerprint density at radius 1 is 1.40 bits per heavy atom. The molecule has 8 heteroatoms. The predicted molar refractivity (Wildman–Crippen MR) is 65.1 cm³/mol. The maximum atomic E-state index is 12.6. The smallest absolute Gasteiger partial charge is 0.263 e. The highest BCUT2D eigenvalue weighted by atomic mass is 19.4. The third kappa shape index (κ3) is 3.10. The second-order valence-electron chi connectivity index (χ2n) is 5.33. The van der Waals surface area contributed by atoms with Crippen LogP contribution in [0.25, 0.3) is 0 Å². The van der Waals surface area contributed by atoms with Crippen LogP contribution < -0.4 is 0 Å². The van der Waals surface area contributed by atoms with Gasteiger partial charge in [0.2, 0.25) is 0 Å². The van der Waals surface area contributed by atoms with E-state index < -0.39 is 17.0 Å². The number of halogens is 3. The molecule has 0 aromatic carbocycles. The normalized spacial score (nSPS) is 25.4. The number of nitrogens with zero attached hydrogens (tertiary/aromatic N) is 3. The van der Waals surface area contributed by atoms with Gasteiger partial charge >= 0.3 is 11.9 Å². The number of alkyl halides is 3. The van der Waals surface area contributed by atoms with Crippen molar-refractivity contribution in [3.8, 4) is 0 Å². The molecule has 0 amide bonds. The molecular formula is C12H16F3N3O2. The van der Waals surface area contributed by atoms with Crippen molar-refractivity contribution >= 4 is 5.69 Å². The molecule has 0 spiro atoms. The third-order valence-corrected chi connectivity index (χ3v) is 4.13. The van der Waals surface area contributed by atoms with Crippen molar-refractivity contribution in [3.63, 3.8) is 0 Å². The lowest BCUT2D eigenvalue weighted by Crippen LogP contribution is -2.30. The Bertz CT molecular complexity index is 479. The van der Waals surface area contributed by atoms with Crippen LogP contribution in [0.1, 0.15) is 38.6 Å². The minimum Gasteiger partial charge on any atom is -0.263 e. The predicted octanol–water partition coefficient (Wildman–Crippen LogP) is 3.72. The lowest BCUT2D eigenvalue weighted by molar-refractivity contribution is -0.385. The van der Waals surface area contributed by atoms with E-state index in [1.165, 1.54) is 10.9 Å². The first-order chi connectivity index (χ1) is 9.29. The Morgan fingerprint density at radius 3 is 2.45 bits per heavy atom. The lowest BCUT2D eigenvalue weighted by Gasteiger charge is -2.33. The summed E-state index contributed by atoms with van der Waals surface area (Å²) in [4.78, 5) is 10.1. The van der Waals surface area contributed by atoms with Crippen molar-refractivity contribution in [1.29, 1.82) is 0 Å². The van der Waals surface area contributed by atoms with Gasteiger partial charge in [0, 0.05) is 0 Å². The van der Waals surface area contributed by atoms with Gasteiger partial charge in [-0.1, -0.05) is 0 Å². The van der Waals surface area contributed by atoms with Crippen molar-refractivity contribution in [3.05, 3.63) is 22.5 Å². The van der Waals surface area contributed by atoms with Crippen LogP contribution in [0.15, 0.2) is 12.4 Å². The van der Waals surface area contributed by atoms with E-state index in [4.69, 9.17) is 0 Å². The second kappa shape index (κ2) is 5.41. The second-order valence-corrected chi connectivity index (χ2v) is 5.33. The van der Waals surface area contributed by atoms with E-state index in [-0.39, 0.29) is 30.5 Å². The monoisotopic (exact) mass is 291 g/mol. The average Bonchev–Trinajstić information content (AvgIpc) is 2.86. The molecule has 0 aliphatic heterocycles. The molecule has 0 N–H and O–H groups in total. The molecule has 1 saturated carbocycles.